The van der Waals surface area contributed by atoms with Gasteiger partial charge in [-0.15, -0.1) is 0 Å². The third-order valence-corrected chi connectivity index (χ3v) is 4.62. The Bertz CT molecular complexity index is 1480. The molecule has 0 unspecified atom stereocenters. The van der Waals surface area contributed by atoms with E-state index in [-0.39, 0.29) is 29.6 Å². The predicted molar refractivity (Wildman–Crippen MR) is 105 cm³/mol. The Balaban J connectivity index is 1.72. The quantitative estimate of drug-likeness (QED) is 0.468. The van der Waals surface area contributed by atoms with Crippen molar-refractivity contribution >= 4 is 27.9 Å². The minimum atomic E-state index is -0.432. The van der Waals surface area contributed by atoms with Crippen LogP contribution in [0.2, 0.25) is 0 Å². The number of anilines is 1. The molecular weight excluding hydrogens is 387 g/mol. The summed E-state index contributed by atoms with van der Waals surface area (Å²) >= 11 is 0. The first-order valence-electron chi connectivity index (χ1n) is 8.89. The van der Waals surface area contributed by atoms with Crippen molar-refractivity contribution in [3.05, 3.63) is 53.4 Å². The molecule has 0 aliphatic rings. The first-order chi connectivity index (χ1) is 14.5. The van der Waals surface area contributed by atoms with E-state index in [1.54, 1.807) is 10.9 Å². The molecule has 0 aromatic carbocycles. The van der Waals surface area contributed by atoms with Crippen LogP contribution < -0.4 is 5.73 Å². The molecule has 5 aromatic rings. The Labute approximate surface area is 168 Å². The van der Waals surface area contributed by atoms with Gasteiger partial charge in [-0.05, 0) is 30.7 Å². The number of aryl methyl sites for hydroxylation is 1. The third kappa shape index (κ3) is 2.70. The summed E-state index contributed by atoms with van der Waals surface area (Å²) in [5.41, 5.74) is 8.62. The smallest absolute Gasteiger partial charge is 0.184 e. The highest BCUT2D eigenvalue weighted by Gasteiger charge is 2.20. The molecule has 3 N–H and O–H groups in total. The molecule has 5 rings (SSSR count). The van der Waals surface area contributed by atoms with Crippen LogP contribution in [0.5, 0.6) is 0 Å². The molecule has 5 heterocycles. The second-order valence-corrected chi connectivity index (χ2v) is 6.66. The van der Waals surface area contributed by atoms with Crippen LogP contribution in [0.15, 0.2) is 30.6 Å². The largest absolute Gasteiger partial charge is 0.383 e. The van der Waals surface area contributed by atoms with E-state index in [9.17, 15) is 4.39 Å². The van der Waals surface area contributed by atoms with Gasteiger partial charge in [0.15, 0.2) is 22.8 Å². The number of nitrogen functional groups attached to an aromatic ring is 1. The Morgan fingerprint density at radius 1 is 1.30 bits per heavy atom. The molecular formula is C19H13FN10. The number of pyridine rings is 2. The number of aromatic amines is 1. The zero-order chi connectivity index (χ0) is 20.8. The lowest BCUT2D eigenvalue weighted by atomic mass is 10.2. The predicted octanol–water partition coefficient (Wildman–Crippen LogP) is 2.11. The van der Waals surface area contributed by atoms with E-state index in [2.05, 4.69) is 35.2 Å². The van der Waals surface area contributed by atoms with Crippen molar-refractivity contribution in [1.82, 2.24) is 39.9 Å². The van der Waals surface area contributed by atoms with Crippen molar-refractivity contribution in [3.63, 3.8) is 0 Å². The van der Waals surface area contributed by atoms with E-state index in [1.807, 2.05) is 19.1 Å². The zero-order valence-corrected chi connectivity index (χ0v) is 15.6. The van der Waals surface area contributed by atoms with E-state index in [4.69, 9.17) is 11.0 Å². The fourth-order valence-electron chi connectivity index (χ4n) is 3.26. The summed E-state index contributed by atoms with van der Waals surface area (Å²) in [6.07, 6.45) is 3.22. The maximum absolute atomic E-state index is 14.1. The Kier molecular flexibility index (Phi) is 3.85. The van der Waals surface area contributed by atoms with Crippen LogP contribution in [0.4, 0.5) is 10.2 Å². The molecule has 11 heteroatoms. The van der Waals surface area contributed by atoms with Gasteiger partial charge in [-0.2, -0.15) is 15.5 Å². The molecule has 30 heavy (non-hydrogen) atoms. The van der Waals surface area contributed by atoms with Gasteiger partial charge in [-0.25, -0.2) is 24.0 Å². The lowest BCUT2D eigenvalue weighted by molar-refractivity contribution is 0.575. The van der Waals surface area contributed by atoms with E-state index in [0.29, 0.717) is 27.8 Å². The van der Waals surface area contributed by atoms with Crippen LogP contribution in [0.1, 0.15) is 17.0 Å². The number of H-pyrrole nitrogens is 1. The highest BCUT2D eigenvalue weighted by Crippen LogP contribution is 2.29. The molecule has 0 saturated carbocycles. The molecule has 0 aliphatic heterocycles. The summed E-state index contributed by atoms with van der Waals surface area (Å²) in [7, 11) is 0. The number of hydrogen-bond acceptors (Lipinski definition) is 8. The maximum Gasteiger partial charge on any atom is 0.184 e. The number of hydrogen-bond donors (Lipinski definition) is 2. The van der Waals surface area contributed by atoms with Gasteiger partial charge in [0.2, 0.25) is 0 Å². The van der Waals surface area contributed by atoms with Crippen LogP contribution in [-0.2, 0) is 6.54 Å². The summed E-state index contributed by atoms with van der Waals surface area (Å²) in [6.45, 7) is 1.98. The molecule has 0 spiro atoms. The first kappa shape index (κ1) is 17.6. The summed E-state index contributed by atoms with van der Waals surface area (Å²) in [4.78, 5) is 17.3. The molecule has 0 atom stereocenters. The summed E-state index contributed by atoms with van der Waals surface area (Å²) in [5.74, 6) is -0.0802. The van der Waals surface area contributed by atoms with E-state index < -0.39 is 5.82 Å². The normalized spacial score (nSPS) is 11.2. The lowest BCUT2D eigenvalue weighted by Crippen LogP contribution is -2.07. The van der Waals surface area contributed by atoms with Crippen LogP contribution in [0.3, 0.4) is 0 Å². The molecule has 0 aliphatic carbocycles. The summed E-state index contributed by atoms with van der Waals surface area (Å²) in [6, 6.07) is 6.71. The monoisotopic (exact) mass is 400 g/mol. The number of rotatable bonds is 3. The molecule has 0 saturated heterocycles. The number of nitrogens with zero attached hydrogens (tertiary/aromatic N) is 8. The number of nitriles is 1. The van der Waals surface area contributed by atoms with Gasteiger partial charge in [0.1, 0.15) is 23.4 Å². The molecule has 10 nitrogen and oxygen atoms in total. The van der Waals surface area contributed by atoms with Crippen molar-refractivity contribution < 1.29 is 4.39 Å². The zero-order valence-electron chi connectivity index (χ0n) is 15.6. The van der Waals surface area contributed by atoms with Crippen molar-refractivity contribution in [2.24, 2.45) is 0 Å². The summed E-state index contributed by atoms with van der Waals surface area (Å²) < 4.78 is 15.7. The van der Waals surface area contributed by atoms with Crippen LogP contribution in [-0.4, -0.2) is 39.9 Å². The van der Waals surface area contributed by atoms with Gasteiger partial charge in [0.05, 0.1) is 23.0 Å². The van der Waals surface area contributed by atoms with Crippen LogP contribution >= 0.6 is 0 Å². The highest BCUT2D eigenvalue weighted by atomic mass is 19.1. The number of fused-ring (bicyclic) bond motifs is 2. The Morgan fingerprint density at radius 3 is 2.97 bits per heavy atom. The van der Waals surface area contributed by atoms with Gasteiger partial charge >= 0.3 is 0 Å². The van der Waals surface area contributed by atoms with E-state index in [1.165, 1.54) is 18.3 Å². The van der Waals surface area contributed by atoms with Gasteiger partial charge in [-0.3, -0.25) is 10.1 Å². The second-order valence-electron chi connectivity index (χ2n) is 6.66. The molecule has 0 radical (unpaired) electrons. The SMILES string of the molecule is Cc1cnc2c(c1)c(-c1nc(N)c3c(C#N)n[nH]c3n1)nn2Cc1ncccc1F. The minimum Gasteiger partial charge on any atom is -0.383 e. The standard InChI is InChI=1S/C19H13FN10/c1-9-5-10-15(18-25-16(22)14-12(6-21)27-28-17(14)26-18)29-30(19(10)24-7-9)8-13-11(20)3-2-4-23-13/h2-5,7H,8H2,1H3,(H3,22,25,26,27,28). The number of halogens is 1. The lowest BCUT2D eigenvalue weighted by Gasteiger charge is -2.03. The van der Waals surface area contributed by atoms with E-state index >= 15 is 0 Å². The maximum atomic E-state index is 14.1. The number of aromatic nitrogens is 8. The van der Waals surface area contributed by atoms with Crippen molar-refractivity contribution in [2.45, 2.75) is 13.5 Å². The van der Waals surface area contributed by atoms with Gasteiger partial charge in [0, 0.05) is 12.4 Å². The first-order valence-corrected chi connectivity index (χ1v) is 8.89. The van der Waals surface area contributed by atoms with Crippen molar-refractivity contribution in [3.8, 4) is 17.6 Å². The molecule has 0 bridgehead atoms. The minimum absolute atomic E-state index is 0.0829. The van der Waals surface area contributed by atoms with Crippen molar-refractivity contribution in [2.75, 3.05) is 5.73 Å². The molecule has 0 fully saturated rings. The topological polar surface area (TPSA) is 148 Å². The molecule has 146 valence electrons. The van der Waals surface area contributed by atoms with Crippen LogP contribution in [0.25, 0.3) is 33.6 Å². The van der Waals surface area contributed by atoms with Gasteiger partial charge in [-0.1, -0.05) is 0 Å². The third-order valence-electron chi connectivity index (χ3n) is 4.62. The number of nitrogens with one attached hydrogen (secondary N) is 1. The van der Waals surface area contributed by atoms with Gasteiger partial charge < -0.3 is 5.73 Å². The van der Waals surface area contributed by atoms with Crippen molar-refractivity contribution in [1.29, 1.82) is 5.26 Å². The highest BCUT2D eigenvalue weighted by molar-refractivity contribution is 5.94. The fraction of sp³-hybridized carbons (Fsp3) is 0.105. The molecule has 5 aromatic heterocycles. The van der Waals surface area contributed by atoms with E-state index in [0.717, 1.165) is 5.56 Å². The fourth-order valence-corrected chi connectivity index (χ4v) is 3.26. The average molecular weight is 400 g/mol. The average Bonchev–Trinajstić information content (AvgIpc) is 3.31. The summed E-state index contributed by atoms with van der Waals surface area (Å²) in [5, 5.41) is 21.4. The number of nitrogens with two attached hydrogens (primary N) is 1. The Morgan fingerprint density at radius 2 is 2.17 bits per heavy atom. The van der Waals surface area contributed by atoms with Crippen LogP contribution in [0, 0.1) is 24.1 Å². The second kappa shape index (κ2) is 6.56. The Hall–Kier alpha value is -4.46. The molecule has 0 amide bonds. The van der Waals surface area contributed by atoms with Gasteiger partial charge in [0.25, 0.3) is 0 Å².